The summed E-state index contributed by atoms with van der Waals surface area (Å²) >= 11 is 8.18. The number of piperidine rings is 1. The molecule has 3 N–H and O–H groups in total. The van der Waals surface area contributed by atoms with Gasteiger partial charge in [-0.3, -0.25) is 4.79 Å². The highest BCUT2D eigenvalue weighted by atomic mass is 79.9. The minimum atomic E-state index is -0.0656. The Bertz CT molecular complexity index is 513. The SMILES string of the molecule is NC(=S)C1CCN(C(=O)c2ccc(Br)c(O)c2)CC1. The van der Waals surface area contributed by atoms with Crippen molar-refractivity contribution in [2.45, 2.75) is 12.8 Å². The zero-order valence-electron chi connectivity index (χ0n) is 10.3. The van der Waals surface area contributed by atoms with Crippen LogP contribution in [0.25, 0.3) is 0 Å². The number of nitrogens with two attached hydrogens (primary N) is 1. The van der Waals surface area contributed by atoms with Crippen LogP contribution >= 0.6 is 28.1 Å². The molecule has 0 unspecified atom stereocenters. The molecule has 0 aliphatic carbocycles. The minimum Gasteiger partial charge on any atom is -0.507 e. The van der Waals surface area contributed by atoms with Crippen molar-refractivity contribution in [1.29, 1.82) is 0 Å². The van der Waals surface area contributed by atoms with Gasteiger partial charge in [-0.1, -0.05) is 12.2 Å². The Morgan fingerprint density at radius 1 is 1.42 bits per heavy atom. The number of halogens is 1. The number of hydrogen-bond donors (Lipinski definition) is 2. The number of carbonyl (C=O) groups is 1. The summed E-state index contributed by atoms with van der Waals surface area (Å²) in [6, 6.07) is 4.85. The fourth-order valence-corrected chi connectivity index (χ4v) is 2.68. The van der Waals surface area contributed by atoms with E-state index in [4.69, 9.17) is 18.0 Å². The Kier molecular flexibility index (Phi) is 4.42. The molecule has 1 aliphatic heterocycles. The number of rotatable bonds is 2. The lowest BCUT2D eigenvalue weighted by Crippen LogP contribution is -2.41. The monoisotopic (exact) mass is 342 g/mol. The van der Waals surface area contributed by atoms with Crippen LogP contribution in [0.1, 0.15) is 23.2 Å². The quantitative estimate of drug-likeness (QED) is 0.809. The molecule has 1 amide bonds. The third-order valence-electron chi connectivity index (χ3n) is 3.38. The molecule has 0 spiro atoms. The number of amides is 1. The Labute approximate surface area is 125 Å². The second-order valence-corrected chi connectivity index (χ2v) is 5.96. The molecule has 102 valence electrons. The molecule has 4 nitrogen and oxygen atoms in total. The summed E-state index contributed by atoms with van der Waals surface area (Å²) in [5, 5.41) is 9.61. The lowest BCUT2D eigenvalue weighted by Gasteiger charge is -2.31. The largest absolute Gasteiger partial charge is 0.507 e. The van der Waals surface area contributed by atoms with E-state index in [1.807, 2.05) is 0 Å². The molecule has 2 rings (SSSR count). The van der Waals surface area contributed by atoms with Crippen molar-refractivity contribution in [2.75, 3.05) is 13.1 Å². The van der Waals surface area contributed by atoms with E-state index in [9.17, 15) is 9.90 Å². The Balaban J connectivity index is 2.05. The maximum atomic E-state index is 12.3. The minimum absolute atomic E-state index is 0.0656. The number of phenolic OH excluding ortho intramolecular Hbond substituents is 1. The molecule has 0 bridgehead atoms. The standard InChI is InChI=1S/C13H15BrN2O2S/c14-10-2-1-9(7-11(10)17)13(18)16-5-3-8(4-6-16)12(15)19/h1-2,7-8,17H,3-6H2,(H2,15,19). The van der Waals surface area contributed by atoms with Crippen molar-refractivity contribution in [3.8, 4) is 5.75 Å². The van der Waals surface area contributed by atoms with Crippen LogP contribution in [0, 0.1) is 5.92 Å². The van der Waals surface area contributed by atoms with Gasteiger partial charge in [0.05, 0.1) is 9.46 Å². The van der Waals surface area contributed by atoms with E-state index in [-0.39, 0.29) is 17.6 Å². The number of hydrogen-bond acceptors (Lipinski definition) is 3. The van der Waals surface area contributed by atoms with Crippen LogP contribution in [-0.2, 0) is 0 Å². The Morgan fingerprint density at radius 2 is 2.05 bits per heavy atom. The molecule has 1 fully saturated rings. The van der Waals surface area contributed by atoms with Gasteiger partial charge in [0.2, 0.25) is 0 Å². The van der Waals surface area contributed by atoms with Crippen LogP contribution < -0.4 is 5.73 Å². The summed E-state index contributed by atoms with van der Waals surface area (Å²) < 4.78 is 0.580. The van der Waals surface area contributed by atoms with Gasteiger partial charge in [-0.25, -0.2) is 0 Å². The maximum absolute atomic E-state index is 12.3. The number of nitrogens with zero attached hydrogens (tertiary/aromatic N) is 1. The zero-order chi connectivity index (χ0) is 14.0. The fourth-order valence-electron chi connectivity index (χ4n) is 2.20. The second kappa shape index (κ2) is 5.88. The van der Waals surface area contributed by atoms with Crippen molar-refractivity contribution in [2.24, 2.45) is 11.7 Å². The number of aromatic hydroxyl groups is 1. The molecular formula is C13H15BrN2O2S. The zero-order valence-corrected chi connectivity index (χ0v) is 12.7. The first-order valence-corrected chi connectivity index (χ1v) is 7.26. The first kappa shape index (κ1) is 14.3. The topological polar surface area (TPSA) is 66.6 Å². The predicted molar refractivity (Wildman–Crippen MR) is 81.2 cm³/mol. The Hall–Kier alpha value is -1.14. The average Bonchev–Trinajstić information content (AvgIpc) is 2.41. The van der Waals surface area contributed by atoms with Crippen molar-refractivity contribution in [3.63, 3.8) is 0 Å². The van der Waals surface area contributed by atoms with Gasteiger partial charge in [-0.05, 0) is 47.0 Å². The number of carbonyl (C=O) groups excluding carboxylic acids is 1. The fraction of sp³-hybridized carbons (Fsp3) is 0.385. The van der Waals surface area contributed by atoms with Crippen LogP contribution in [0.2, 0.25) is 0 Å². The molecule has 1 aliphatic rings. The second-order valence-electron chi connectivity index (χ2n) is 4.64. The molecule has 1 aromatic rings. The molecule has 6 heteroatoms. The number of benzene rings is 1. The van der Waals surface area contributed by atoms with Gasteiger partial charge < -0.3 is 15.7 Å². The lowest BCUT2D eigenvalue weighted by molar-refractivity contribution is 0.0710. The maximum Gasteiger partial charge on any atom is 0.253 e. The van der Waals surface area contributed by atoms with Crippen molar-refractivity contribution >= 4 is 39.0 Å². The smallest absolute Gasteiger partial charge is 0.253 e. The van der Waals surface area contributed by atoms with Crippen LogP contribution in [-0.4, -0.2) is 34.0 Å². The molecular weight excluding hydrogens is 328 g/mol. The van der Waals surface area contributed by atoms with Gasteiger partial charge in [-0.2, -0.15) is 0 Å². The molecule has 0 atom stereocenters. The first-order valence-electron chi connectivity index (χ1n) is 6.06. The van der Waals surface area contributed by atoms with Crippen molar-refractivity contribution < 1.29 is 9.90 Å². The van der Waals surface area contributed by atoms with Crippen molar-refractivity contribution in [3.05, 3.63) is 28.2 Å². The highest BCUT2D eigenvalue weighted by Crippen LogP contribution is 2.26. The summed E-state index contributed by atoms with van der Waals surface area (Å²) in [7, 11) is 0. The van der Waals surface area contributed by atoms with Gasteiger partial charge in [0, 0.05) is 24.6 Å². The molecule has 1 saturated heterocycles. The van der Waals surface area contributed by atoms with E-state index in [0.29, 0.717) is 28.1 Å². The van der Waals surface area contributed by atoms with Gasteiger partial charge in [-0.15, -0.1) is 0 Å². The number of phenols is 1. The van der Waals surface area contributed by atoms with Gasteiger partial charge >= 0.3 is 0 Å². The van der Waals surface area contributed by atoms with Gasteiger partial charge in [0.1, 0.15) is 5.75 Å². The summed E-state index contributed by atoms with van der Waals surface area (Å²) in [5.41, 5.74) is 6.12. The van der Waals surface area contributed by atoms with Crippen LogP contribution in [0.5, 0.6) is 5.75 Å². The normalized spacial score (nSPS) is 16.4. The van der Waals surface area contributed by atoms with E-state index in [2.05, 4.69) is 15.9 Å². The predicted octanol–water partition coefficient (Wildman–Crippen LogP) is 2.29. The molecule has 19 heavy (non-hydrogen) atoms. The summed E-state index contributed by atoms with van der Waals surface area (Å²) in [5.74, 6) is 0.241. The third-order valence-corrected chi connectivity index (χ3v) is 4.38. The van der Waals surface area contributed by atoms with Crippen LogP contribution in [0.4, 0.5) is 0 Å². The van der Waals surface area contributed by atoms with Gasteiger partial charge in [0.25, 0.3) is 5.91 Å². The molecule has 0 radical (unpaired) electrons. The summed E-state index contributed by atoms with van der Waals surface area (Å²) in [4.78, 5) is 14.6. The van der Waals surface area contributed by atoms with E-state index in [1.165, 1.54) is 6.07 Å². The van der Waals surface area contributed by atoms with Gasteiger partial charge in [0.15, 0.2) is 0 Å². The van der Waals surface area contributed by atoms with E-state index in [1.54, 1.807) is 17.0 Å². The average molecular weight is 343 g/mol. The lowest BCUT2D eigenvalue weighted by atomic mass is 9.96. The third kappa shape index (κ3) is 3.25. The number of thiocarbonyl (C=S) groups is 1. The highest BCUT2D eigenvalue weighted by Gasteiger charge is 2.25. The molecule has 1 aromatic carbocycles. The molecule has 0 aromatic heterocycles. The van der Waals surface area contributed by atoms with E-state index >= 15 is 0 Å². The molecule has 1 heterocycles. The molecule has 0 saturated carbocycles. The highest BCUT2D eigenvalue weighted by molar-refractivity contribution is 9.10. The summed E-state index contributed by atoms with van der Waals surface area (Å²) in [6.07, 6.45) is 1.62. The Morgan fingerprint density at radius 3 is 2.58 bits per heavy atom. The summed E-state index contributed by atoms with van der Waals surface area (Å²) in [6.45, 7) is 1.30. The first-order chi connectivity index (χ1) is 8.99. The number of likely N-dealkylation sites (tertiary alicyclic amines) is 1. The van der Waals surface area contributed by atoms with E-state index in [0.717, 1.165) is 12.8 Å². The van der Waals surface area contributed by atoms with Crippen molar-refractivity contribution in [1.82, 2.24) is 4.90 Å². The van der Waals surface area contributed by atoms with Crippen LogP contribution in [0.15, 0.2) is 22.7 Å². The van der Waals surface area contributed by atoms with Crippen LogP contribution in [0.3, 0.4) is 0 Å². The van der Waals surface area contributed by atoms with E-state index < -0.39 is 0 Å².